The van der Waals surface area contributed by atoms with E-state index in [0.29, 0.717) is 16.1 Å². The van der Waals surface area contributed by atoms with Crippen molar-refractivity contribution < 1.29 is 0 Å². The summed E-state index contributed by atoms with van der Waals surface area (Å²) in [6.45, 7) is 2.08. The van der Waals surface area contributed by atoms with Crippen LogP contribution in [-0.4, -0.2) is 26.2 Å². The number of nitrogens with zero attached hydrogens (tertiary/aromatic N) is 1. The van der Waals surface area contributed by atoms with Crippen LogP contribution in [0.25, 0.3) is 0 Å². The van der Waals surface area contributed by atoms with Crippen molar-refractivity contribution in [1.29, 1.82) is 0 Å². The average molecular weight is 245 g/mol. The largest absolute Gasteiger partial charge is 0.370 e. The average Bonchev–Trinajstić information content (AvgIpc) is 2.64. The summed E-state index contributed by atoms with van der Waals surface area (Å²) in [5.41, 5.74) is 1.12. The van der Waals surface area contributed by atoms with Crippen molar-refractivity contribution >= 4 is 28.9 Å². The lowest BCUT2D eigenvalue weighted by Gasteiger charge is -2.19. The molecule has 0 radical (unpaired) electrons. The quantitative estimate of drug-likeness (QED) is 0.861. The minimum atomic E-state index is 0.572. The standard InChI is InChI=1S/C11H14Cl2N2/c1-14-10-2-3-15(7-10)11-5-8(12)4-9(13)6-11/h4-6,10,14H,2-3,7H2,1H3. The van der Waals surface area contributed by atoms with Gasteiger partial charge in [0.25, 0.3) is 0 Å². The Hall–Kier alpha value is -0.440. The Kier molecular flexibility index (Phi) is 3.39. The molecule has 1 atom stereocenters. The Morgan fingerprint density at radius 2 is 1.93 bits per heavy atom. The van der Waals surface area contributed by atoms with E-state index in [-0.39, 0.29) is 0 Å². The molecule has 15 heavy (non-hydrogen) atoms. The minimum absolute atomic E-state index is 0.572. The number of rotatable bonds is 2. The molecule has 1 aromatic rings. The van der Waals surface area contributed by atoms with Gasteiger partial charge in [-0.3, -0.25) is 0 Å². The molecule has 0 spiro atoms. The van der Waals surface area contributed by atoms with Crippen LogP contribution in [0.2, 0.25) is 10.0 Å². The maximum atomic E-state index is 5.97. The minimum Gasteiger partial charge on any atom is -0.370 e. The second-order valence-electron chi connectivity index (χ2n) is 3.85. The molecule has 1 N–H and O–H groups in total. The first kappa shape index (κ1) is 11.1. The second kappa shape index (κ2) is 4.60. The van der Waals surface area contributed by atoms with Crippen molar-refractivity contribution in [3.8, 4) is 0 Å². The van der Waals surface area contributed by atoms with Gasteiger partial charge in [0.15, 0.2) is 0 Å². The van der Waals surface area contributed by atoms with Gasteiger partial charge in [0.1, 0.15) is 0 Å². The third-order valence-electron chi connectivity index (χ3n) is 2.81. The van der Waals surface area contributed by atoms with Crippen LogP contribution in [0.5, 0.6) is 0 Å². The van der Waals surface area contributed by atoms with Crippen LogP contribution < -0.4 is 10.2 Å². The molecular weight excluding hydrogens is 231 g/mol. The molecule has 1 aliphatic heterocycles. The molecule has 1 aromatic carbocycles. The summed E-state index contributed by atoms with van der Waals surface area (Å²) in [4.78, 5) is 2.30. The second-order valence-corrected chi connectivity index (χ2v) is 4.72. The molecule has 1 fully saturated rings. The summed E-state index contributed by atoms with van der Waals surface area (Å²) in [5, 5.41) is 4.68. The molecular formula is C11H14Cl2N2. The maximum absolute atomic E-state index is 5.97. The van der Waals surface area contributed by atoms with Crippen LogP contribution in [0.1, 0.15) is 6.42 Å². The molecule has 0 aliphatic carbocycles. The Balaban J connectivity index is 2.16. The molecule has 2 rings (SSSR count). The number of anilines is 1. The molecule has 1 heterocycles. The van der Waals surface area contributed by atoms with Gasteiger partial charge in [-0.25, -0.2) is 0 Å². The van der Waals surface area contributed by atoms with E-state index < -0.39 is 0 Å². The van der Waals surface area contributed by atoms with Crippen molar-refractivity contribution in [2.75, 3.05) is 25.0 Å². The van der Waals surface area contributed by atoms with Crippen LogP contribution in [0.4, 0.5) is 5.69 Å². The third kappa shape index (κ3) is 2.57. The van der Waals surface area contributed by atoms with Crippen molar-refractivity contribution in [2.24, 2.45) is 0 Å². The van der Waals surface area contributed by atoms with Crippen molar-refractivity contribution in [3.05, 3.63) is 28.2 Å². The first-order valence-electron chi connectivity index (χ1n) is 5.07. The molecule has 1 aliphatic rings. The van der Waals surface area contributed by atoms with Gasteiger partial charge in [0.05, 0.1) is 0 Å². The summed E-state index contributed by atoms with van der Waals surface area (Å²) in [7, 11) is 2.00. The number of nitrogens with one attached hydrogen (secondary N) is 1. The molecule has 2 nitrogen and oxygen atoms in total. The van der Waals surface area contributed by atoms with E-state index in [1.807, 2.05) is 19.2 Å². The first-order valence-corrected chi connectivity index (χ1v) is 5.83. The van der Waals surface area contributed by atoms with Crippen molar-refractivity contribution in [3.63, 3.8) is 0 Å². The fraction of sp³-hybridized carbons (Fsp3) is 0.455. The van der Waals surface area contributed by atoms with E-state index in [2.05, 4.69) is 10.2 Å². The highest BCUT2D eigenvalue weighted by atomic mass is 35.5. The predicted molar refractivity (Wildman–Crippen MR) is 66.1 cm³/mol. The number of hydrogen-bond donors (Lipinski definition) is 1. The fourth-order valence-electron chi connectivity index (χ4n) is 1.95. The Morgan fingerprint density at radius 3 is 2.47 bits per heavy atom. The maximum Gasteiger partial charge on any atom is 0.0441 e. The van der Waals surface area contributed by atoms with E-state index >= 15 is 0 Å². The van der Waals surface area contributed by atoms with Crippen LogP contribution >= 0.6 is 23.2 Å². The van der Waals surface area contributed by atoms with Crippen molar-refractivity contribution in [2.45, 2.75) is 12.5 Å². The van der Waals surface area contributed by atoms with E-state index in [4.69, 9.17) is 23.2 Å². The lowest BCUT2D eigenvalue weighted by atomic mass is 10.3. The topological polar surface area (TPSA) is 15.3 Å². The third-order valence-corrected chi connectivity index (χ3v) is 3.25. The Labute approximate surface area is 100 Å². The van der Waals surface area contributed by atoms with Gasteiger partial charge in [-0.15, -0.1) is 0 Å². The van der Waals surface area contributed by atoms with Crippen molar-refractivity contribution in [1.82, 2.24) is 5.32 Å². The predicted octanol–water partition coefficient (Wildman–Crippen LogP) is 2.79. The van der Waals surface area contributed by atoms with Gasteiger partial charge in [-0.05, 0) is 31.7 Å². The summed E-state index contributed by atoms with van der Waals surface area (Å²) in [6.07, 6.45) is 1.17. The SMILES string of the molecule is CNC1CCN(c2cc(Cl)cc(Cl)c2)C1. The highest BCUT2D eigenvalue weighted by Crippen LogP contribution is 2.27. The smallest absolute Gasteiger partial charge is 0.0441 e. The summed E-state index contributed by atoms with van der Waals surface area (Å²) in [5.74, 6) is 0. The van der Waals surface area contributed by atoms with E-state index in [1.54, 1.807) is 6.07 Å². The summed E-state index contributed by atoms with van der Waals surface area (Å²) < 4.78 is 0. The molecule has 4 heteroatoms. The molecule has 0 saturated carbocycles. The normalized spacial score (nSPS) is 21.0. The highest BCUT2D eigenvalue weighted by Gasteiger charge is 2.21. The first-order chi connectivity index (χ1) is 7.19. The van der Waals surface area contributed by atoms with Gasteiger partial charge >= 0.3 is 0 Å². The molecule has 0 bridgehead atoms. The monoisotopic (exact) mass is 244 g/mol. The molecule has 1 unspecified atom stereocenters. The molecule has 0 aromatic heterocycles. The van der Waals surface area contributed by atoms with Gasteiger partial charge in [0.2, 0.25) is 0 Å². The number of likely N-dealkylation sites (N-methyl/N-ethyl adjacent to an activating group) is 1. The van der Waals surface area contributed by atoms with E-state index in [0.717, 1.165) is 18.8 Å². The highest BCUT2D eigenvalue weighted by molar-refractivity contribution is 6.35. The van der Waals surface area contributed by atoms with Crippen LogP contribution in [0.15, 0.2) is 18.2 Å². The molecule has 1 saturated heterocycles. The van der Waals surface area contributed by atoms with Crippen LogP contribution in [0, 0.1) is 0 Å². The fourth-order valence-corrected chi connectivity index (χ4v) is 2.47. The van der Waals surface area contributed by atoms with Crippen LogP contribution in [-0.2, 0) is 0 Å². The Bertz CT molecular complexity index is 334. The zero-order valence-electron chi connectivity index (χ0n) is 8.63. The van der Waals surface area contributed by atoms with Crippen LogP contribution in [0.3, 0.4) is 0 Å². The molecule has 82 valence electrons. The van der Waals surface area contributed by atoms with E-state index in [9.17, 15) is 0 Å². The van der Waals surface area contributed by atoms with Gasteiger partial charge < -0.3 is 10.2 Å². The van der Waals surface area contributed by atoms with Gasteiger partial charge in [0, 0.05) is 34.9 Å². The number of hydrogen-bond acceptors (Lipinski definition) is 2. The summed E-state index contributed by atoms with van der Waals surface area (Å²) >= 11 is 11.9. The number of benzene rings is 1. The molecule has 0 amide bonds. The summed E-state index contributed by atoms with van der Waals surface area (Å²) in [6, 6.07) is 6.26. The van der Waals surface area contributed by atoms with Gasteiger partial charge in [-0.1, -0.05) is 23.2 Å². The number of halogens is 2. The van der Waals surface area contributed by atoms with Gasteiger partial charge in [-0.2, -0.15) is 0 Å². The lowest BCUT2D eigenvalue weighted by Crippen LogP contribution is -2.29. The zero-order chi connectivity index (χ0) is 10.8. The zero-order valence-corrected chi connectivity index (χ0v) is 10.1. The lowest BCUT2D eigenvalue weighted by molar-refractivity contribution is 0.617. The van der Waals surface area contributed by atoms with E-state index in [1.165, 1.54) is 6.42 Å². The Morgan fingerprint density at radius 1 is 1.27 bits per heavy atom.